The summed E-state index contributed by atoms with van der Waals surface area (Å²) in [6.07, 6.45) is -4.36. The highest BCUT2D eigenvalue weighted by Gasteiger charge is 2.67. The second-order valence-corrected chi connectivity index (χ2v) is 19.9. The number of ether oxygens (including phenoxy) is 3. The number of benzene rings is 1. The number of fused-ring (bicyclic) bond motifs is 5. The molecule has 2 bridgehead atoms. The van der Waals surface area contributed by atoms with Gasteiger partial charge in [0.2, 0.25) is 34.1 Å². The summed E-state index contributed by atoms with van der Waals surface area (Å²) in [4.78, 5) is 66.4. The van der Waals surface area contributed by atoms with Crippen LogP contribution in [0.1, 0.15) is 97.6 Å². The van der Waals surface area contributed by atoms with Crippen molar-refractivity contribution in [2.75, 3.05) is 13.7 Å². The van der Waals surface area contributed by atoms with Crippen LogP contribution < -0.4 is 24.8 Å². The van der Waals surface area contributed by atoms with Crippen molar-refractivity contribution >= 4 is 44.9 Å². The first-order valence-corrected chi connectivity index (χ1v) is 22.1. The normalized spacial score (nSPS) is 30.8. The van der Waals surface area contributed by atoms with Gasteiger partial charge in [0, 0.05) is 18.4 Å². The zero-order chi connectivity index (χ0) is 43.5. The molecule has 3 saturated carbocycles. The minimum atomic E-state index is -4.22. The molecule has 4 fully saturated rings. The highest BCUT2D eigenvalue weighted by molar-refractivity contribution is 7.91. The second kappa shape index (κ2) is 16.1. The van der Waals surface area contributed by atoms with E-state index in [0.717, 1.165) is 4.90 Å². The highest BCUT2D eigenvalue weighted by atomic mass is 32.2. The van der Waals surface area contributed by atoms with Crippen molar-refractivity contribution in [1.29, 1.82) is 0 Å². The van der Waals surface area contributed by atoms with Crippen molar-refractivity contribution in [2.45, 2.75) is 139 Å². The van der Waals surface area contributed by atoms with Crippen LogP contribution in [-0.2, 0) is 35.1 Å². The third kappa shape index (κ3) is 8.80. The van der Waals surface area contributed by atoms with E-state index in [-0.39, 0.29) is 42.6 Å². The molecular weight excluding hydrogens is 817 g/mol. The number of halogens is 4. The van der Waals surface area contributed by atoms with Gasteiger partial charge in [0.15, 0.2) is 5.69 Å². The van der Waals surface area contributed by atoms with E-state index in [0.29, 0.717) is 31.4 Å². The Labute approximate surface area is 345 Å². The molecule has 1 aromatic carbocycles. The van der Waals surface area contributed by atoms with Gasteiger partial charge in [-0.3, -0.25) is 19.1 Å². The summed E-state index contributed by atoms with van der Waals surface area (Å²) >= 11 is 0. The van der Waals surface area contributed by atoms with Gasteiger partial charge in [0.25, 0.3) is 11.8 Å². The van der Waals surface area contributed by atoms with Gasteiger partial charge in [-0.25, -0.2) is 32.0 Å². The number of carbonyl (C=O) groups excluding carboxylic acids is 4. The van der Waals surface area contributed by atoms with Crippen molar-refractivity contribution in [3.05, 3.63) is 23.9 Å². The monoisotopic (exact) mass is 868 g/mol. The average Bonchev–Trinajstić information content (AvgIpc) is 4.08. The Morgan fingerprint density at radius 3 is 2.43 bits per heavy atom. The van der Waals surface area contributed by atoms with Gasteiger partial charge >= 0.3 is 6.09 Å². The Morgan fingerprint density at radius 2 is 1.80 bits per heavy atom. The molecule has 7 rings (SSSR count). The number of aromatic nitrogens is 2. The predicted octanol–water partition coefficient (Wildman–Crippen LogP) is 4.96. The molecule has 0 radical (unpaired) electrons. The lowest BCUT2D eigenvalue weighted by Gasteiger charge is -2.36. The van der Waals surface area contributed by atoms with Crippen LogP contribution in [-0.4, -0.2) is 102 Å². The van der Waals surface area contributed by atoms with Crippen molar-refractivity contribution < 1.29 is 59.4 Å². The third-order valence-electron chi connectivity index (χ3n) is 12.3. The topological polar surface area (TPSA) is 195 Å². The van der Waals surface area contributed by atoms with Gasteiger partial charge in [-0.2, -0.15) is 8.78 Å². The average molecular weight is 869 g/mol. The summed E-state index contributed by atoms with van der Waals surface area (Å²) in [5.74, 6) is -9.77. The number of alkyl halides is 4. The van der Waals surface area contributed by atoms with Crippen LogP contribution in [0.15, 0.2) is 18.2 Å². The molecule has 15 nitrogen and oxygen atoms in total. The van der Waals surface area contributed by atoms with E-state index in [1.54, 1.807) is 33.8 Å². The molecule has 20 heteroatoms. The van der Waals surface area contributed by atoms with Gasteiger partial charge in [-0.15, -0.1) is 0 Å². The molecule has 330 valence electrons. The first-order valence-electron chi connectivity index (χ1n) is 20.5. The van der Waals surface area contributed by atoms with E-state index in [4.69, 9.17) is 14.2 Å². The SMILES string of the molecule is CCC[C@@H]1[C@@H]2CN(C(=O)[C@H](C(C)(C)C)NC(=O)O[C@@H]3C[C@H]3CCCCC(F)(F)c3nc4ccc(OC)cc4nc3O2)[C@@H]1C(=O)N[C@]1(C(=O)NS(=O)(=O)C2CC2)CC1C(F)F. The van der Waals surface area contributed by atoms with Gasteiger partial charge in [-0.1, -0.05) is 40.5 Å². The van der Waals surface area contributed by atoms with Gasteiger partial charge in [-0.05, 0) is 68.4 Å². The molecule has 1 saturated heterocycles. The van der Waals surface area contributed by atoms with Crippen LogP contribution in [0.3, 0.4) is 0 Å². The van der Waals surface area contributed by atoms with E-state index in [1.165, 1.54) is 19.2 Å². The van der Waals surface area contributed by atoms with Crippen molar-refractivity contribution in [3.63, 3.8) is 0 Å². The number of hydrogen-bond acceptors (Lipinski definition) is 11. The predicted molar refractivity (Wildman–Crippen MR) is 207 cm³/mol. The Balaban J connectivity index is 1.32. The summed E-state index contributed by atoms with van der Waals surface area (Å²) < 4.78 is 106. The minimum Gasteiger partial charge on any atom is -0.497 e. The first kappa shape index (κ1) is 43.6. The van der Waals surface area contributed by atoms with Crippen LogP contribution in [0, 0.1) is 23.2 Å². The fraction of sp³-hybridized carbons (Fsp3) is 0.700. The maximum atomic E-state index is 16.4. The number of methoxy groups -OCH3 is 1. The summed E-state index contributed by atoms with van der Waals surface area (Å²) in [6, 6.07) is 1.62. The smallest absolute Gasteiger partial charge is 0.408 e. The zero-order valence-electron chi connectivity index (χ0n) is 34.1. The summed E-state index contributed by atoms with van der Waals surface area (Å²) in [5, 5.41) is 4.21. The Morgan fingerprint density at radius 1 is 1.07 bits per heavy atom. The molecule has 8 atom stereocenters. The summed E-state index contributed by atoms with van der Waals surface area (Å²) in [6.45, 7) is 6.37. The molecule has 2 aromatic rings. The lowest BCUT2D eigenvalue weighted by molar-refractivity contribution is -0.144. The molecule has 3 heterocycles. The van der Waals surface area contributed by atoms with Crippen molar-refractivity contribution in [3.8, 4) is 11.6 Å². The number of amides is 4. The quantitative estimate of drug-likeness (QED) is 0.289. The van der Waals surface area contributed by atoms with Crippen LogP contribution in [0.25, 0.3) is 11.0 Å². The van der Waals surface area contributed by atoms with E-state index < -0.39 is 129 Å². The standard InChI is InChI=1S/C40H52F4N6O9S/c1-6-9-23-28-19-50(29(23)33(51)48-39(18-24(39)32(41)42)36(53)49-60(55,56)22-12-13-22)35(52)31(38(2,3)4)47-37(54)59-27-16-20(27)10-7-8-15-40(43,44)30-34(58-28)46-26-17-21(57-5)11-14-25(26)45-30/h11,14,17,20,22-24,27-29,31-32H,6-10,12-13,15-16,18-19H2,1-5H3,(H,47,54)(H,48,51)(H,49,53)/t20-,23-,24?,27-,28+,29+,31-,39-/m1/s1. The number of rotatable bonds is 9. The summed E-state index contributed by atoms with van der Waals surface area (Å²) in [5.41, 5.74) is -3.80. The van der Waals surface area contributed by atoms with Crippen LogP contribution in [0.5, 0.6) is 11.6 Å². The largest absolute Gasteiger partial charge is 0.497 e. The number of nitrogens with one attached hydrogen (secondary N) is 3. The fourth-order valence-corrected chi connectivity index (χ4v) is 9.89. The zero-order valence-corrected chi connectivity index (χ0v) is 35.0. The van der Waals surface area contributed by atoms with E-state index in [1.807, 2.05) is 4.72 Å². The fourth-order valence-electron chi connectivity index (χ4n) is 8.52. The lowest BCUT2D eigenvalue weighted by Crippen LogP contribution is -2.61. The number of nitrogens with zero attached hydrogens (tertiary/aromatic N) is 3. The molecule has 2 aliphatic heterocycles. The van der Waals surface area contributed by atoms with Gasteiger partial charge in [0.05, 0.1) is 35.9 Å². The molecule has 3 aliphatic carbocycles. The second-order valence-electron chi connectivity index (χ2n) is 17.9. The number of carbonyl (C=O) groups is 4. The molecule has 1 unspecified atom stereocenters. The number of alkyl carbamates (subject to hydrolysis) is 1. The van der Waals surface area contributed by atoms with Gasteiger partial charge in [0.1, 0.15) is 35.6 Å². The van der Waals surface area contributed by atoms with E-state index >= 15 is 8.78 Å². The molecule has 5 aliphatic rings. The molecule has 4 amide bonds. The molecule has 0 spiro atoms. The van der Waals surface area contributed by atoms with Gasteiger partial charge < -0.3 is 29.7 Å². The summed E-state index contributed by atoms with van der Waals surface area (Å²) in [7, 11) is -2.80. The van der Waals surface area contributed by atoms with Crippen LogP contribution in [0.2, 0.25) is 0 Å². The van der Waals surface area contributed by atoms with E-state index in [2.05, 4.69) is 20.6 Å². The van der Waals surface area contributed by atoms with Crippen LogP contribution in [0.4, 0.5) is 22.4 Å². The molecule has 1 aromatic heterocycles. The maximum Gasteiger partial charge on any atom is 0.408 e. The lowest BCUT2D eigenvalue weighted by atomic mass is 9.85. The molecule has 3 N–H and O–H groups in total. The van der Waals surface area contributed by atoms with E-state index in [9.17, 15) is 36.4 Å². The van der Waals surface area contributed by atoms with Crippen LogP contribution >= 0.6 is 0 Å². The minimum absolute atomic E-state index is 0.0631. The highest BCUT2D eigenvalue weighted by Crippen LogP contribution is 2.49. The Bertz CT molecular complexity index is 2140. The Hall–Kier alpha value is -4.49. The maximum absolute atomic E-state index is 16.4. The third-order valence-corrected chi connectivity index (χ3v) is 14.1. The number of sulfonamides is 1. The number of hydrogen-bond donors (Lipinski definition) is 3. The van der Waals surface area contributed by atoms with Crippen molar-refractivity contribution in [1.82, 2.24) is 30.2 Å². The molecular formula is C40H52F4N6O9S. The van der Waals surface area contributed by atoms with Crippen molar-refractivity contribution in [2.24, 2.45) is 23.2 Å². The first-order chi connectivity index (χ1) is 28.2. The Kier molecular flexibility index (Phi) is 11.7. The molecule has 60 heavy (non-hydrogen) atoms.